The minimum atomic E-state index is -0.830. The van der Waals surface area contributed by atoms with Gasteiger partial charge in [0.05, 0.1) is 25.5 Å². The van der Waals surface area contributed by atoms with Crippen LogP contribution in [0.15, 0.2) is 54.9 Å². The molecule has 156 valence electrons. The molecule has 31 heavy (non-hydrogen) atoms. The number of likely N-dealkylation sites (tertiary alicyclic amines) is 1. The molecular weight excluding hydrogens is 392 g/mol. The highest BCUT2D eigenvalue weighted by Gasteiger charge is 2.59. The lowest BCUT2D eigenvalue weighted by Crippen LogP contribution is -2.42. The van der Waals surface area contributed by atoms with Crippen LogP contribution in [-0.4, -0.2) is 33.0 Å². The molecule has 2 aromatic carbocycles. The summed E-state index contributed by atoms with van der Waals surface area (Å²) < 4.78 is 7.31. The number of ether oxygens (including phenoxy) is 1. The fourth-order valence-corrected chi connectivity index (χ4v) is 5.51. The first-order valence-corrected chi connectivity index (χ1v) is 10.5. The Morgan fingerprint density at radius 1 is 1.19 bits per heavy atom. The Kier molecular flexibility index (Phi) is 3.86. The molecule has 1 fully saturated rings. The molecular formula is C24H22N4O3. The number of carbonyl (C=O) groups excluding carboxylic acids is 2. The number of rotatable bonds is 2. The second-order valence-electron chi connectivity index (χ2n) is 8.51. The third-order valence-electron chi connectivity index (χ3n) is 6.90. The van der Waals surface area contributed by atoms with Crippen molar-refractivity contribution in [2.24, 2.45) is 7.05 Å². The van der Waals surface area contributed by atoms with Crippen LogP contribution in [0.3, 0.4) is 0 Å². The number of aryl methyl sites for hydroxylation is 1. The molecule has 2 unspecified atom stereocenters. The normalized spacial score (nSPS) is 23.8. The van der Waals surface area contributed by atoms with Crippen LogP contribution in [0.25, 0.3) is 0 Å². The quantitative estimate of drug-likeness (QED) is 0.700. The average Bonchev–Trinajstić information content (AvgIpc) is 3.54. The molecule has 3 aliphatic rings. The van der Waals surface area contributed by atoms with Gasteiger partial charge in [-0.3, -0.25) is 14.3 Å². The van der Waals surface area contributed by atoms with E-state index in [1.165, 1.54) is 0 Å². The van der Waals surface area contributed by atoms with Gasteiger partial charge in [0.25, 0.3) is 5.91 Å². The smallest absolute Gasteiger partial charge is 0.254 e. The number of nitrogens with zero attached hydrogens (tertiary/aromatic N) is 3. The Balaban J connectivity index is 1.51. The summed E-state index contributed by atoms with van der Waals surface area (Å²) in [6.07, 6.45) is 4.24. The lowest BCUT2D eigenvalue weighted by molar-refractivity contribution is -0.121. The zero-order valence-corrected chi connectivity index (χ0v) is 17.2. The summed E-state index contributed by atoms with van der Waals surface area (Å²) >= 11 is 0. The fraction of sp³-hybridized carbons (Fsp3) is 0.292. The number of fused-ring (bicyclic) bond motifs is 3. The van der Waals surface area contributed by atoms with Crippen molar-refractivity contribution in [2.75, 3.05) is 11.9 Å². The molecule has 1 aromatic heterocycles. The Bertz CT molecular complexity index is 1230. The number of aromatic nitrogens is 2. The van der Waals surface area contributed by atoms with Crippen LogP contribution >= 0.6 is 0 Å². The number of nitrogens with one attached hydrogen (secondary N) is 1. The summed E-state index contributed by atoms with van der Waals surface area (Å²) in [5, 5.41) is 7.40. The number of anilines is 1. The van der Waals surface area contributed by atoms with Crippen molar-refractivity contribution in [1.29, 1.82) is 0 Å². The summed E-state index contributed by atoms with van der Waals surface area (Å²) in [6, 6.07) is 13.1. The van der Waals surface area contributed by atoms with E-state index in [2.05, 4.69) is 10.4 Å². The molecule has 0 aliphatic carbocycles. The standard InChI is InChI=1S/C24H22N4O3/c1-27-12-16(11-25-27)21-24(19-7-2-3-8-20(19)26-23(24)30)9-10-28(21)22(29)17-6-4-5-15-13-31-14-18(15)17/h2-8,11-12,21H,9-10,13-14H2,1H3,(H,26,30). The predicted molar refractivity (Wildman–Crippen MR) is 113 cm³/mol. The molecule has 1 N–H and O–H groups in total. The maximum Gasteiger partial charge on any atom is 0.254 e. The van der Waals surface area contributed by atoms with E-state index in [1.54, 1.807) is 10.9 Å². The SMILES string of the molecule is Cn1cc(C2N(C(=O)c3cccc4c3COC4)CCC23C(=O)Nc2ccccc23)cn1. The van der Waals surface area contributed by atoms with Gasteiger partial charge in [-0.05, 0) is 35.2 Å². The minimum Gasteiger partial charge on any atom is -0.372 e. The summed E-state index contributed by atoms with van der Waals surface area (Å²) in [5.41, 5.74) is 4.48. The van der Waals surface area contributed by atoms with Crippen molar-refractivity contribution in [3.63, 3.8) is 0 Å². The van der Waals surface area contributed by atoms with Crippen LogP contribution in [0, 0.1) is 0 Å². The number of para-hydroxylation sites is 1. The molecule has 1 spiro atoms. The van der Waals surface area contributed by atoms with Gasteiger partial charge in [-0.1, -0.05) is 30.3 Å². The topological polar surface area (TPSA) is 76.5 Å². The number of amides is 2. The van der Waals surface area contributed by atoms with Crippen molar-refractivity contribution in [3.05, 3.63) is 82.7 Å². The summed E-state index contributed by atoms with van der Waals surface area (Å²) in [4.78, 5) is 29.2. The lowest BCUT2D eigenvalue weighted by Gasteiger charge is -2.33. The van der Waals surface area contributed by atoms with Crippen molar-refractivity contribution in [1.82, 2.24) is 14.7 Å². The summed E-state index contributed by atoms with van der Waals surface area (Å²) in [5.74, 6) is -0.121. The highest BCUT2D eigenvalue weighted by atomic mass is 16.5. The Labute approximate surface area is 179 Å². The van der Waals surface area contributed by atoms with E-state index in [-0.39, 0.29) is 11.8 Å². The van der Waals surface area contributed by atoms with E-state index in [0.717, 1.165) is 27.9 Å². The van der Waals surface area contributed by atoms with E-state index in [9.17, 15) is 9.59 Å². The second kappa shape index (κ2) is 6.52. The van der Waals surface area contributed by atoms with E-state index in [1.807, 2.05) is 60.6 Å². The van der Waals surface area contributed by atoms with Crippen molar-refractivity contribution < 1.29 is 14.3 Å². The number of carbonyl (C=O) groups is 2. The van der Waals surface area contributed by atoms with Gasteiger partial charge in [-0.25, -0.2) is 0 Å². The van der Waals surface area contributed by atoms with Crippen LogP contribution in [0.2, 0.25) is 0 Å². The highest BCUT2D eigenvalue weighted by molar-refractivity contribution is 6.08. The molecule has 2 atom stereocenters. The van der Waals surface area contributed by atoms with Crippen LogP contribution in [0.1, 0.15) is 45.1 Å². The zero-order chi connectivity index (χ0) is 21.2. The highest BCUT2D eigenvalue weighted by Crippen LogP contribution is 2.55. The van der Waals surface area contributed by atoms with Gasteiger partial charge in [-0.2, -0.15) is 5.10 Å². The van der Waals surface area contributed by atoms with E-state index < -0.39 is 11.5 Å². The molecule has 1 saturated heterocycles. The van der Waals surface area contributed by atoms with Gasteiger partial charge in [0.2, 0.25) is 5.91 Å². The molecule has 7 heteroatoms. The predicted octanol–water partition coefficient (Wildman–Crippen LogP) is 2.93. The van der Waals surface area contributed by atoms with Crippen LogP contribution in [-0.2, 0) is 35.2 Å². The largest absolute Gasteiger partial charge is 0.372 e. The first kappa shape index (κ1) is 18.3. The molecule has 4 heterocycles. The monoisotopic (exact) mass is 414 g/mol. The van der Waals surface area contributed by atoms with Gasteiger partial charge < -0.3 is 15.0 Å². The number of benzene rings is 2. The Morgan fingerprint density at radius 2 is 2.06 bits per heavy atom. The summed E-state index contributed by atoms with van der Waals surface area (Å²) in [7, 11) is 1.85. The molecule has 3 aliphatic heterocycles. The van der Waals surface area contributed by atoms with Crippen molar-refractivity contribution in [2.45, 2.75) is 31.1 Å². The van der Waals surface area contributed by atoms with Gasteiger partial charge in [-0.15, -0.1) is 0 Å². The van der Waals surface area contributed by atoms with Gasteiger partial charge in [0.15, 0.2) is 0 Å². The number of hydrogen-bond donors (Lipinski definition) is 1. The third kappa shape index (κ3) is 2.47. The lowest BCUT2D eigenvalue weighted by atomic mass is 9.73. The molecule has 2 amide bonds. The van der Waals surface area contributed by atoms with Gasteiger partial charge in [0.1, 0.15) is 5.41 Å². The maximum absolute atomic E-state index is 13.9. The van der Waals surface area contributed by atoms with Gasteiger partial charge >= 0.3 is 0 Å². The molecule has 0 radical (unpaired) electrons. The third-order valence-corrected chi connectivity index (χ3v) is 6.90. The first-order chi connectivity index (χ1) is 15.1. The molecule has 7 nitrogen and oxygen atoms in total. The average molecular weight is 414 g/mol. The van der Waals surface area contributed by atoms with Crippen molar-refractivity contribution in [3.8, 4) is 0 Å². The molecule has 0 saturated carbocycles. The van der Waals surface area contributed by atoms with Gasteiger partial charge in [0, 0.05) is 36.6 Å². The molecule has 0 bridgehead atoms. The fourth-order valence-electron chi connectivity index (χ4n) is 5.51. The van der Waals surface area contributed by atoms with E-state index >= 15 is 0 Å². The zero-order valence-electron chi connectivity index (χ0n) is 17.2. The van der Waals surface area contributed by atoms with Crippen molar-refractivity contribution >= 4 is 17.5 Å². The first-order valence-electron chi connectivity index (χ1n) is 10.5. The molecule has 3 aromatic rings. The number of hydrogen-bond acceptors (Lipinski definition) is 4. The molecule has 6 rings (SSSR count). The summed E-state index contributed by atoms with van der Waals surface area (Å²) in [6.45, 7) is 1.46. The van der Waals surface area contributed by atoms with Crippen LogP contribution in [0.5, 0.6) is 0 Å². The minimum absolute atomic E-state index is 0.0560. The van der Waals surface area contributed by atoms with Crippen LogP contribution < -0.4 is 5.32 Å². The van der Waals surface area contributed by atoms with Crippen LogP contribution in [0.4, 0.5) is 5.69 Å². The second-order valence-corrected chi connectivity index (χ2v) is 8.51. The van der Waals surface area contributed by atoms with E-state index in [0.29, 0.717) is 31.7 Å². The maximum atomic E-state index is 13.9. The Hall–Kier alpha value is -3.45. The van der Waals surface area contributed by atoms with E-state index in [4.69, 9.17) is 4.74 Å². The Morgan fingerprint density at radius 3 is 2.90 bits per heavy atom.